The standard InChI is InChI=1S/C16H15NO3S/c1-11-16(21-10-17-11)6-7-19-9-13(18)15-8-12-4-2-3-5-14(12)20-15/h2-5,8,10H,6-7,9H2,1H3. The number of hydrogen-bond acceptors (Lipinski definition) is 5. The molecular weight excluding hydrogens is 286 g/mol. The summed E-state index contributed by atoms with van der Waals surface area (Å²) >= 11 is 1.61. The number of aryl methyl sites for hydroxylation is 1. The lowest BCUT2D eigenvalue weighted by Crippen LogP contribution is -2.10. The smallest absolute Gasteiger partial charge is 0.223 e. The first-order valence-electron chi connectivity index (χ1n) is 6.72. The van der Waals surface area contributed by atoms with Crippen molar-refractivity contribution in [1.29, 1.82) is 0 Å². The van der Waals surface area contributed by atoms with Gasteiger partial charge in [0, 0.05) is 16.7 Å². The maximum absolute atomic E-state index is 12.0. The van der Waals surface area contributed by atoms with Crippen molar-refractivity contribution >= 4 is 28.1 Å². The fourth-order valence-electron chi connectivity index (χ4n) is 2.09. The molecule has 0 atom stereocenters. The summed E-state index contributed by atoms with van der Waals surface area (Å²) in [5, 5.41) is 0.932. The van der Waals surface area contributed by atoms with Crippen LogP contribution in [0.15, 0.2) is 40.3 Å². The first kappa shape index (κ1) is 14.0. The Morgan fingerprint density at radius 1 is 1.38 bits per heavy atom. The minimum atomic E-state index is -0.132. The van der Waals surface area contributed by atoms with Crippen molar-refractivity contribution in [2.75, 3.05) is 13.2 Å². The second-order valence-corrected chi connectivity index (χ2v) is 5.67. The van der Waals surface area contributed by atoms with Crippen LogP contribution in [-0.2, 0) is 11.2 Å². The first-order valence-corrected chi connectivity index (χ1v) is 7.60. The van der Waals surface area contributed by atoms with Gasteiger partial charge in [0.05, 0.1) is 17.8 Å². The number of thiazole rings is 1. The van der Waals surface area contributed by atoms with Gasteiger partial charge in [0.15, 0.2) is 5.76 Å². The number of furan rings is 1. The molecule has 0 saturated carbocycles. The van der Waals surface area contributed by atoms with Crippen LogP contribution in [0.1, 0.15) is 21.1 Å². The molecule has 4 nitrogen and oxygen atoms in total. The molecule has 0 radical (unpaired) electrons. The Kier molecular flexibility index (Phi) is 4.13. The zero-order chi connectivity index (χ0) is 14.7. The van der Waals surface area contributed by atoms with Gasteiger partial charge in [-0.1, -0.05) is 18.2 Å². The third-order valence-corrected chi connectivity index (χ3v) is 4.25. The summed E-state index contributed by atoms with van der Waals surface area (Å²) in [6, 6.07) is 9.32. The summed E-state index contributed by atoms with van der Waals surface area (Å²) in [6.45, 7) is 2.53. The van der Waals surface area contributed by atoms with E-state index in [4.69, 9.17) is 9.15 Å². The van der Waals surface area contributed by atoms with Crippen LogP contribution >= 0.6 is 11.3 Å². The van der Waals surface area contributed by atoms with Gasteiger partial charge in [-0.25, -0.2) is 4.98 Å². The predicted octanol–water partition coefficient (Wildman–Crippen LogP) is 3.64. The molecule has 1 aromatic carbocycles. The molecule has 0 aliphatic carbocycles. The summed E-state index contributed by atoms with van der Waals surface area (Å²) in [6.07, 6.45) is 0.782. The molecule has 0 saturated heterocycles. The highest BCUT2D eigenvalue weighted by Gasteiger charge is 2.12. The molecule has 0 amide bonds. The molecule has 108 valence electrons. The van der Waals surface area contributed by atoms with Crippen LogP contribution in [0, 0.1) is 6.92 Å². The molecule has 21 heavy (non-hydrogen) atoms. The van der Waals surface area contributed by atoms with Gasteiger partial charge in [-0.3, -0.25) is 4.79 Å². The summed E-state index contributed by atoms with van der Waals surface area (Å²) < 4.78 is 11.0. The van der Waals surface area contributed by atoms with Gasteiger partial charge in [0.25, 0.3) is 0 Å². The average Bonchev–Trinajstić information content (AvgIpc) is 3.09. The zero-order valence-electron chi connectivity index (χ0n) is 11.7. The Morgan fingerprint density at radius 3 is 3.00 bits per heavy atom. The Morgan fingerprint density at radius 2 is 2.24 bits per heavy atom. The number of rotatable bonds is 6. The number of nitrogens with zero attached hydrogens (tertiary/aromatic N) is 1. The van der Waals surface area contributed by atoms with E-state index in [2.05, 4.69) is 4.98 Å². The normalized spacial score (nSPS) is 11.1. The van der Waals surface area contributed by atoms with E-state index in [1.807, 2.05) is 36.7 Å². The van der Waals surface area contributed by atoms with Gasteiger partial charge in [-0.2, -0.15) is 0 Å². The molecule has 0 fully saturated rings. The molecule has 0 aliphatic rings. The monoisotopic (exact) mass is 301 g/mol. The summed E-state index contributed by atoms with van der Waals surface area (Å²) in [7, 11) is 0. The summed E-state index contributed by atoms with van der Waals surface area (Å²) in [5.41, 5.74) is 3.58. The lowest BCUT2D eigenvalue weighted by molar-refractivity contribution is 0.0741. The number of carbonyl (C=O) groups is 1. The minimum absolute atomic E-state index is 0.0394. The SMILES string of the molecule is Cc1ncsc1CCOCC(=O)c1cc2ccccc2o1. The highest BCUT2D eigenvalue weighted by atomic mass is 32.1. The highest BCUT2D eigenvalue weighted by molar-refractivity contribution is 7.09. The maximum Gasteiger partial charge on any atom is 0.223 e. The molecule has 0 unspecified atom stereocenters. The quantitative estimate of drug-likeness (QED) is 0.515. The molecule has 0 aliphatic heterocycles. The minimum Gasteiger partial charge on any atom is -0.453 e. The zero-order valence-corrected chi connectivity index (χ0v) is 12.5. The third kappa shape index (κ3) is 3.20. The van der Waals surface area contributed by atoms with Gasteiger partial charge < -0.3 is 9.15 Å². The number of fused-ring (bicyclic) bond motifs is 1. The largest absolute Gasteiger partial charge is 0.453 e. The Balaban J connectivity index is 1.53. The third-order valence-electron chi connectivity index (χ3n) is 3.25. The van der Waals surface area contributed by atoms with Gasteiger partial charge in [-0.05, 0) is 19.1 Å². The molecule has 0 bridgehead atoms. The van der Waals surface area contributed by atoms with Crippen molar-refractivity contribution < 1.29 is 13.9 Å². The van der Waals surface area contributed by atoms with Gasteiger partial charge in [0.2, 0.25) is 5.78 Å². The van der Waals surface area contributed by atoms with Crippen molar-refractivity contribution in [3.8, 4) is 0 Å². The van der Waals surface area contributed by atoms with E-state index in [9.17, 15) is 4.79 Å². The lowest BCUT2D eigenvalue weighted by Gasteiger charge is -2.01. The Bertz CT molecular complexity index is 727. The number of carbonyl (C=O) groups excluding carboxylic acids is 1. The van der Waals surface area contributed by atoms with Crippen LogP contribution in [0.25, 0.3) is 11.0 Å². The Labute approximate surface area is 126 Å². The van der Waals surface area contributed by atoms with Crippen molar-refractivity contribution in [2.45, 2.75) is 13.3 Å². The highest BCUT2D eigenvalue weighted by Crippen LogP contribution is 2.19. The fourth-order valence-corrected chi connectivity index (χ4v) is 2.85. The molecule has 0 N–H and O–H groups in total. The van der Waals surface area contributed by atoms with Crippen molar-refractivity contribution in [3.63, 3.8) is 0 Å². The second kappa shape index (κ2) is 6.20. The number of para-hydroxylation sites is 1. The summed E-state index contributed by atoms with van der Waals surface area (Å²) in [5.74, 6) is 0.220. The van der Waals surface area contributed by atoms with E-state index >= 15 is 0 Å². The van der Waals surface area contributed by atoms with Crippen LogP contribution in [0.4, 0.5) is 0 Å². The molecule has 3 rings (SSSR count). The number of ether oxygens (including phenoxy) is 1. The molecule has 2 aromatic heterocycles. The Hall–Kier alpha value is -1.98. The molecule has 3 aromatic rings. The lowest BCUT2D eigenvalue weighted by atomic mass is 10.2. The van der Waals surface area contributed by atoms with Crippen LogP contribution in [0.2, 0.25) is 0 Å². The van der Waals surface area contributed by atoms with Crippen LogP contribution in [0.5, 0.6) is 0 Å². The molecular formula is C16H15NO3S. The number of hydrogen-bond donors (Lipinski definition) is 0. The van der Waals surface area contributed by atoms with Crippen molar-refractivity contribution in [2.24, 2.45) is 0 Å². The van der Waals surface area contributed by atoms with Crippen molar-refractivity contribution in [1.82, 2.24) is 4.98 Å². The van der Waals surface area contributed by atoms with E-state index < -0.39 is 0 Å². The molecule has 0 spiro atoms. The predicted molar refractivity (Wildman–Crippen MR) is 81.9 cm³/mol. The first-order chi connectivity index (χ1) is 10.2. The van der Waals surface area contributed by atoms with Gasteiger partial charge in [-0.15, -0.1) is 11.3 Å². The van der Waals surface area contributed by atoms with Crippen LogP contribution < -0.4 is 0 Å². The molecule has 2 heterocycles. The number of benzene rings is 1. The van der Waals surface area contributed by atoms with Crippen LogP contribution in [0.3, 0.4) is 0 Å². The van der Waals surface area contributed by atoms with E-state index in [0.717, 1.165) is 23.1 Å². The van der Waals surface area contributed by atoms with E-state index in [0.29, 0.717) is 12.4 Å². The van der Waals surface area contributed by atoms with Crippen LogP contribution in [-0.4, -0.2) is 24.0 Å². The number of ketones is 1. The topological polar surface area (TPSA) is 52.3 Å². The van der Waals surface area contributed by atoms with E-state index in [-0.39, 0.29) is 12.4 Å². The van der Waals surface area contributed by atoms with Gasteiger partial charge in [0.1, 0.15) is 12.2 Å². The maximum atomic E-state index is 12.0. The number of aromatic nitrogens is 1. The number of Topliss-reactive ketones (excluding diaryl/α,β-unsaturated/α-hetero) is 1. The summed E-state index contributed by atoms with van der Waals surface area (Å²) in [4.78, 5) is 17.4. The fraction of sp³-hybridized carbons (Fsp3) is 0.250. The van der Waals surface area contributed by atoms with Gasteiger partial charge >= 0.3 is 0 Å². The average molecular weight is 301 g/mol. The van der Waals surface area contributed by atoms with E-state index in [1.165, 1.54) is 4.88 Å². The van der Waals surface area contributed by atoms with E-state index in [1.54, 1.807) is 17.4 Å². The molecule has 5 heteroatoms. The van der Waals surface area contributed by atoms with Crippen molar-refractivity contribution in [3.05, 3.63) is 52.2 Å². The second-order valence-electron chi connectivity index (χ2n) is 4.74.